The van der Waals surface area contributed by atoms with Crippen LogP contribution in [0.15, 0.2) is 0 Å². The van der Waals surface area contributed by atoms with Gasteiger partial charge in [0.15, 0.2) is 0 Å². The maximum atomic E-state index is 7.21. The molecule has 6 heavy (non-hydrogen) atoms. The van der Waals surface area contributed by atoms with Gasteiger partial charge >= 0.3 is 0 Å². The first-order valence-electron chi connectivity index (χ1n) is 3.10. The third-order valence-corrected chi connectivity index (χ3v) is 1.05. The molecule has 1 aliphatic rings. The molecule has 1 heteroatoms. The zero-order chi connectivity index (χ0) is 5.11. The van der Waals surface area contributed by atoms with Crippen molar-refractivity contribution in [3.63, 3.8) is 0 Å². The molecule has 1 N–H and O–H groups in total. The highest BCUT2D eigenvalue weighted by Gasteiger charge is 1.93. The predicted molar refractivity (Wildman–Crippen MR) is 26.7 cm³/mol. The van der Waals surface area contributed by atoms with Crippen molar-refractivity contribution in [3.8, 4) is 0 Å². The molecule has 0 bridgehead atoms. The highest BCUT2D eigenvalue weighted by Crippen LogP contribution is 1.96. The van der Waals surface area contributed by atoms with Crippen LogP contribution in [0.2, 0.25) is 0 Å². The topological polar surface area (TPSA) is 12.0 Å². The van der Waals surface area contributed by atoms with Crippen LogP contribution >= 0.6 is 0 Å². The summed E-state index contributed by atoms with van der Waals surface area (Å²) in [5.41, 5.74) is 0. The number of hydrogen-bond acceptors (Lipinski definition) is 1. The van der Waals surface area contributed by atoms with E-state index < -0.39 is 0 Å². The molecule has 1 rings (SSSR count). The van der Waals surface area contributed by atoms with Crippen molar-refractivity contribution in [2.24, 2.45) is 0 Å². The molecule has 1 heterocycles. The average molecular weight is 86.2 g/mol. The molecule has 0 aromatic heterocycles. The van der Waals surface area contributed by atoms with E-state index in [0.717, 1.165) is 19.5 Å². The van der Waals surface area contributed by atoms with Crippen molar-refractivity contribution < 1.29 is 1.37 Å². The molecular weight excluding hydrogens is 74.1 g/mol. The van der Waals surface area contributed by atoms with E-state index in [4.69, 9.17) is 1.37 Å². The van der Waals surface area contributed by atoms with Crippen LogP contribution in [0.5, 0.6) is 0 Å². The van der Waals surface area contributed by atoms with E-state index in [1.165, 1.54) is 6.42 Å². The van der Waals surface area contributed by atoms with E-state index in [-0.39, 0.29) is 6.40 Å². The Balaban J connectivity index is 2.12. The van der Waals surface area contributed by atoms with E-state index in [9.17, 15) is 0 Å². The summed E-state index contributed by atoms with van der Waals surface area (Å²) in [6.45, 7) is 2.02. The summed E-state index contributed by atoms with van der Waals surface area (Å²) in [7, 11) is 0. The summed E-state index contributed by atoms with van der Waals surface area (Å²) in [4.78, 5) is 0. The third-order valence-electron chi connectivity index (χ3n) is 1.05. The van der Waals surface area contributed by atoms with Crippen LogP contribution in [0, 0.1) is 0 Å². The summed E-state index contributed by atoms with van der Waals surface area (Å²) in [5.74, 6) is 0. The Morgan fingerprint density at radius 3 is 2.67 bits per heavy atom. The molecule has 1 nitrogen and oxygen atoms in total. The van der Waals surface area contributed by atoms with Gasteiger partial charge in [-0.25, -0.2) is 0 Å². The van der Waals surface area contributed by atoms with Crippen molar-refractivity contribution in [1.29, 1.82) is 0 Å². The first-order valence-corrected chi connectivity index (χ1v) is 2.52. The minimum atomic E-state index is 0.175. The normalized spacial score (nSPS) is 38.7. The molecule has 0 aromatic carbocycles. The Morgan fingerprint density at radius 1 is 1.33 bits per heavy atom. The van der Waals surface area contributed by atoms with E-state index in [1.54, 1.807) is 0 Å². The monoisotopic (exact) mass is 86.1 g/mol. The van der Waals surface area contributed by atoms with Crippen LogP contribution in [-0.4, -0.2) is 13.1 Å². The van der Waals surface area contributed by atoms with Gasteiger partial charge in [0.25, 0.3) is 0 Å². The zero-order valence-corrected chi connectivity index (χ0v) is 3.91. The van der Waals surface area contributed by atoms with Crippen LogP contribution in [0.3, 0.4) is 0 Å². The second-order valence-electron chi connectivity index (χ2n) is 1.64. The molecule has 0 spiro atoms. The first-order chi connectivity index (χ1) is 3.39. The molecule has 0 aromatic rings. The molecule has 0 radical (unpaired) electrons. The minimum Gasteiger partial charge on any atom is -0.317 e. The van der Waals surface area contributed by atoms with Gasteiger partial charge in [0.1, 0.15) is 0 Å². The molecule has 1 saturated heterocycles. The average Bonchev–Trinajstić information content (AvgIpc) is 1.69. The Morgan fingerprint density at radius 2 is 2.33 bits per heavy atom. The largest absolute Gasteiger partial charge is 0.317 e. The molecule has 0 aliphatic carbocycles. The fraction of sp³-hybridized carbons (Fsp3) is 1.00. The summed E-state index contributed by atoms with van der Waals surface area (Å²) >= 11 is 0. The summed E-state index contributed by atoms with van der Waals surface area (Å²) < 4.78 is 7.21. The van der Waals surface area contributed by atoms with Gasteiger partial charge in [0.2, 0.25) is 0 Å². The molecule has 36 valence electrons. The van der Waals surface area contributed by atoms with E-state index >= 15 is 0 Å². The van der Waals surface area contributed by atoms with Gasteiger partial charge in [-0.05, 0) is 25.9 Å². The second-order valence-corrected chi connectivity index (χ2v) is 1.64. The Labute approximate surface area is 40.1 Å². The summed E-state index contributed by atoms with van der Waals surface area (Å²) in [6, 6.07) is 0. The fourth-order valence-electron chi connectivity index (χ4n) is 0.678. The Hall–Kier alpha value is -0.0400. The lowest BCUT2D eigenvalue weighted by Gasteiger charge is -2.08. The Kier molecular flexibility index (Phi) is 1.10. The van der Waals surface area contributed by atoms with Crippen LogP contribution in [0.25, 0.3) is 0 Å². The maximum Gasteiger partial charge on any atom is 0.0280 e. The lowest BCUT2D eigenvalue weighted by atomic mass is 10.2. The van der Waals surface area contributed by atoms with Crippen molar-refractivity contribution in [2.45, 2.75) is 19.2 Å². The second kappa shape index (κ2) is 2.19. The molecule has 1 aliphatic heterocycles. The van der Waals surface area contributed by atoms with Gasteiger partial charge < -0.3 is 5.32 Å². The Bertz CT molecular complexity index is 50.0. The zero-order valence-electron chi connectivity index (χ0n) is 4.91. The smallest absolute Gasteiger partial charge is 0.0280 e. The lowest BCUT2D eigenvalue weighted by Crippen LogP contribution is -2.21. The standard InChI is InChI=1S/C5H11N/c1-2-4-6-5-3-1/h6H,1-5H2/i2D. The van der Waals surface area contributed by atoms with E-state index in [1.807, 2.05) is 0 Å². The molecule has 1 atom stereocenters. The van der Waals surface area contributed by atoms with Gasteiger partial charge in [-0.2, -0.15) is 0 Å². The maximum absolute atomic E-state index is 7.21. The van der Waals surface area contributed by atoms with Crippen molar-refractivity contribution in [2.75, 3.05) is 13.1 Å². The quantitative estimate of drug-likeness (QED) is 0.459. The summed E-state index contributed by atoms with van der Waals surface area (Å²) in [5, 5.41) is 3.15. The molecule has 1 fully saturated rings. The van der Waals surface area contributed by atoms with Crippen molar-refractivity contribution >= 4 is 0 Å². The molecule has 0 saturated carbocycles. The van der Waals surface area contributed by atoms with Gasteiger partial charge in [-0.1, -0.05) is 6.42 Å². The van der Waals surface area contributed by atoms with Crippen LogP contribution in [0.1, 0.15) is 20.6 Å². The van der Waals surface area contributed by atoms with Gasteiger partial charge in [0.05, 0.1) is 0 Å². The summed E-state index contributed by atoms with van der Waals surface area (Å²) in [6.07, 6.45) is 2.45. The minimum absolute atomic E-state index is 0.175. The van der Waals surface area contributed by atoms with E-state index in [2.05, 4.69) is 5.32 Å². The van der Waals surface area contributed by atoms with Crippen LogP contribution in [-0.2, 0) is 0 Å². The fourth-order valence-corrected chi connectivity index (χ4v) is 0.678. The molecule has 0 amide bonds. The van der Waals surface area contributed by atoms with Gasteiger partial charge in [-0.15, -0.1) is 0 Å². The van der Waals surface area contributed by atoms with Gasteiger partial charge in [-0.3, -0.25) is 0 Å². The SMILES string of the molecule is [2H]C1CCCNC1. The number of rotatable bonds is 0. The molecular formula is C5H11N. The number of nitrogens with one attached hydrogen (secondary N) is 1. The first kappa shape index (κ1) is 3.03. The predicted octanol–water partition coefficient (Wildman–Crippen LogP) is 0.760. The van der Waals surface area contributed by atoms with Crippen molar-refractivity contribution in [1.82, 2.24) is 5.32 Å². The third kappa shape index (κ3) is 0.977. The highest BCUT2D eigenvalue weighted by atomic mass is 14.9. The molecule has 1 unspecified atom stereocenters. The van der Waals surface area contributed by atoms with E-state index in [0.29, 0.717) is 0 Å². The van der Waals surface area contributed by atoms with Gasteiger partial charge in [0, 0.05) is 1.37 Å². The van der Waals surface area contributed by atoms with Crippen LogP contribution in [0.4, 0.5) is 0 Å². The van der Waals surface area contributed by atoms with Crippen LogP contribution < -0.4 is 5.32 Å². The number of piperidine rings is 1. The lowest BCUT2D eigenvalue weighted by molar-refractivity contribution is 0.520. The van der Waals surface area contributed by atoms with Crippen molar-refractivity contribution in [3.05, 3.63) is 0 Å². The number of hydrogen-bond donors (Lipinski definition) is 1. The highest BCUT2D eigenvalue weighted by molar-refractivity contribution is 4.55.